The third-order valence-corrected chi connectivity index (χ3v) is 5.23. The van der Waals surface area contributed by atoms with E-state index in [1.165, 1.54) is 0 Å². The van der Waals surface area contributed by atoms with E-state index in [1.54, 1.807) is 0 Å². The highest BCUT2D eigenvalue weighted by atomic mass is 16.5. The Morgan fingerprint density at radius 2 is 1.50 bits per heavy atom. The molecule has 3 aromatic carbocycles. The molecule has 0 aliphatic heterocycles. The van der Waals surface area contributed by atoms with Gasteiger partial charge in [-0.25, -0.2) is 0 Å². The number of hydrogen-bond acceptors (Lipinski definition) is 3. The fourth-order valence-electron chi connectivity index (χ4n) is 3.70. The second kappa shape index (κ2) is 9.42. The lowest BCUT2D eigenvalue weighted by Crippen LogP contribution is -2.29. The van der Waals surface area contributed by atoms with Crippen LogP contribution in [-0.4, -0.2) is 19.1 Å². The Balaban J connectivity index is 1.60. The van der Waals surface area contributed by atoms with Crippen LogP contribution >= 0.6 is 0 Å². The third-order valence-electron chi connectivity index (χ3n) is 5.23. The second-order valence-electron chi connectivity index (χ2n) is 7.13. The SMILES string of the molecule is CCOCc1c(C(=O)NCC(c2ccccc2)c2ccccc2)oc2ccccc12. The van der Waals surface area contributed by atoms with Crippen molar-refractivity contribution in [3.8, 4) is 0 Å². The summed E-state index contributed by atoms with van der Waals surface area (Å²) in [7, 11) is 0. The van der Waals surface area contributed by atoms with E-state index in [0.29, 0.717) is 31.1 Å². The number of amides is 1. The lowest BCUT2D eigenvalue weighted by Gasteiger charge is -2.18. The molecule has 4 heteroatoms. The molecule has 0 aliphatic rings. The number of carbonyl (C=O) groups excluding carboxylic acids is 1. The summed E-state index contributed by atoms with van der Waals surface area (Å²) in [6.07, 6.45) is 0. The Bertz CT molecular complexity index is 1060. The number of nitrogens with one attached hydrogen (secondary N) is 1. The smallest absolute Gasteiger partial charge is 0.287 e. The Morgan fingerprint density at radius 3 is 2.13 bits per heavy atom. The minimum Gasteiger partial charge on any atom is -0.451 e. The van der Waals surface area contributed by atoms with E-state index in [2.05, 4.69) is 29.6 Å². The van der Waals surface area contributed by atoms with Gasteiger partial charge in [0.2, 0.25) is 0 Å². The molecule has 1 amide bonds. The molecule has 4 aromatic rings. The predicted molar refractivity (Wildman–Crippen MR) is 119 cm³/mol. The largest absolute Gasteiger partial charge is 0.451 e. The van der Waals surface area contributed by atoms with Crippen molar-refractivity contribution in [2.75, 3.05) is 13.2 Å². The average molecular weight is 399 g/mol. The summed E-state index contributed by atoms with van der Waals surface area (Å²) in [4.78, 5) is 13.1. The van der Waals surface area contributed by atoms with Crippen molar-refractivity contribution in [1.29, 1.82) is 0 Å². The monoisotopic (exact) mass is 399 g/mol. The fraction of sp³-hybridized carbons (Fsp3) is 0.192. The summed E-state index contributed by atoms with van der Waals surface area (Å²) in [5.74, 6) is 0.151. The number of furan rings is 1. The standard InChI is InChI=1S/C26H25NO3/c1-2-29-18-23-21-15-9-10-16-24(21)30-25(23)26(28)27-17-22(19-11-5-3-6-12-19)20-13-7-4-8-14-20/h3-16,22H,2,17-18H2,1H3,(H,27,28). The molecule has 30 heavy (non-hydrogen) atoms. The van der Waals surface area contributed by atoms with Gasteiger partial charge in [0.1, 0.15) is 5.58 Å². The third kappa shape index (κ3) is 4.29. The minimum atomic E-state index is -0.224. The summed E-state index contributed by atoms with van der Waals surface area (Å²) in [5, 5.41) is 4.00. The highest BCUT2D eigenvalue weighted by molar-refractivity contribution is 5.99. The molecule has 0 unspecified atom stereocenters. The Morgan fingerprint density at radius 1 is 0.900 bits per heavy atom. The summed E-state index contributed by atoms with van der Waals surface area (Å²) < 4.78 is 11.5. The van der Waals surface area contributed by atoms with Crippen molar-refractivity contribution in [3.63, 3.8) is 0 Å². The molecule has 1 N–H and O–H groups in total. The van der Waals surface area contributed by atoms with E-state index in [-0.39, 0.29) is 11.8 Å². The number of hydrogen-bond donors (Lipinski definition) is 1. The number of benzene rings is 3. The topological polar surface area (TPSA) is 51.5 Å². The van der Waals surface area contributed by atoms with Gasteiger partial charge in [-0.15, -0.1) is 0 Å². The zero-order valence-corrected chi connectivity index (χ0v) is 17.0. The van der Waals surface area contributed by atoms with E-state index in [0.717, 1.165) is 22.1 Å². The fourth-order valence-corrected chi connectivity index (χ4v) is 3.70. The summed E-state index contributed by atoms with van der Waals surface area (Å²) in [5.41, 5.74) is 3.80. The number of rotatable bonds is 8. The van der Waals surface area contributed by atoms with Gasteiger partial charge in [0.05, 0.1) is 6.61 Å². The molecule has 0 radical (unpaired) electrons. The van der Waals surface area contributed by atoms with Crippen LogP contribution in [0.1, 0.15) is 40.1 Å². The molecule has 1 aromatic heterocycles. The Labute approximate surface area is 176 Å². The lowest BCUT2D eigenvalue weighted by atomic mass is 9.91. The van der Waals surface area contributed by atoms with Crippen molar-refractivity contribution >= 4 is 16.9 Å². The van der Waals surface area contributed by atoms with Crippen LogP contribution < -0.4 is 5.32 Å². The van der Waals surface area contributed by atoms with Crippen molar-refractivity contribution in [2.24, 2.45) is 0 Å². The summed E-state index contributed by atoms with van der Waals surface area (Å²) in [6.45, 7) is 3.33. The van der Waals surface area contributed by atoms with Crippen LogP contribution in [0.5, 0.6) is 0 Å². The molecule has 0 saturated heterocycles. The van der Waals surface area contributed by atoms with Gasteiger partial charge < -0.3 is 14.5 Å². The molecule has 0 spiro atoms. The second-order valence-corrected chi connectivity index (χ2v) is 7.13. The number of fused-ring (bicyclic) bond motifs is 1. The predicted octanol–water partition coefficient (Wildman–Crippen LogP) is 5.53. The lowest BCUT2D eigenvalue weighted by molar-refractivity contribution is 0.0914. The van der Waals surface area contributed by atoms with Gasteiger partial charge in [0.15, 0.2) is 5.76 Å². The van der Waals surface area contributed by atoms with Crippen LogP contribution in [0, 0.1) is 0 Å². The Kier molecular flexibility index (Phi) is 6.26. The zero-order chi connectivity index (χ0) is 20.8. The number of para-hydroxylation sites is 1. The van der Waals surface area contributed by atoms with Crippen LogP contribution in [-0.2, 0) is 11.3 Å². The van der Waals surface area contributed by atoms with Gasteiger partial charge in [-0.05, 0) is 24.1 Å². The molecule has 0 fully saturated rings. The van der Waals surface area contributed by atoms with Gasteiger partial charge in [-0.3, -0.25) is 4.79 Å². The van der Waals surface area contributed by atoms with E-state index in [1.807, 2.05) is 67.6 Å². The highest BCUT2D eigenvalue weighted by Gasteiger charge is 2.22. The number of ether oxygens (including phenoxy) is 1. The van der Waals surface area contributed by atoms with Crippen molar-refractivity contribution in [3.05, 3.63) is 107 Å². The quantitative estimate of drug-likeness (QED) is 0.424. The molecular formula is C26H25NO3. The van der Waals surface area contributed by atoms with E-state index in [4.69, 9.17) is 9.15 Å². The zero-order valence-electron chi connectivity index (χ0n) is 17.0. The molecule has 4 rings (SSSR count). The van der Waals surface area contributed by atoms with Gasteiger partial charge >= 0.3 is 0 Å². The van der Waals surface area contributed by atoms with Crippen LogP contribution in [0.3, 0.4) is 0 Å². The maximum atomic E-state index is 13.1. The van der Waals surface area contributed by atoms with Crippen LogP contribution in [0.25, 0.3) is 11.0 Å². The van der Waals surface area contributed by atoms with Crippen LogP contribution in [0.15, 0.2) is 89.3 Å². The van der Waals surface area contributed by atoms with Gasteiger partial charge in [0.25, 0.3) is 5.91 Å². The average Bonchev–Trinajstić information content (AvgIpc) is 3.18. The first-order chi connectivity index (χ1) is 14.8. The Hall–Kier alpha value is -3.37. The molecule has 0 aliphatic carbocycles. The molecule has 0 atom stereocenters. The van der Waals surface area contributed by atoms with Gasteiger partial charge in [-0.1, -0.05) is 78.9 Å². The van der Waals surface area contributed by atoms with E-state index in [9.17, 15) is 4.79 Å². The summed E-state index contributed by atoms with van der Waals surface area (Å²) in [6, 6.07) is 28.1. The molecular weight excluding hydrogens is 374 g/mol. The van der Waals surface area contributed by atoms with Crippen molar-refractivity contribution < 1.29 is 13.9 Å². The maximum Gasteiger partial charge on any atom is 0.287 e. The van der Waals surface area contributed by atoms with Crippen molar-refractivity contribution in [2.45, 2.75) is 19.4 Å². The normalized spacial score (nSPS) is 11.1. The van der Waals surface area contributed by atoms with Crippen molar-refractivity contribution in [1.82, 2.24) is 5.32 Å². The molecule has 4 nitrogen and oxygen atoms in total. The van der Waals surface area contributed by atoms with Gasteiger partial charge in [-0.2, -0.15) is 0 Å². The minimum absolute atomic E-state index is 0.0519. The van der Waals surface area contributed by atoms with Gasteiger partial charge in [0, 0.05) is 30.0 Å². The van der Waals surface area contributed by atoms with Crippen LogP contribution in [0.4, 0.5) is 0 Å². The van der Waals surface area contributed by atoms with E-state index >= 15 is 0 Å². The van der Waals surface area contributed by atoms with Crippen LogP contribution in [0.2, 0.25) is 0 Å². The summed E-state index contributed by atoms with van der Waals surface area (Å²) >= 11 is 0. The molecule has 1 heterocycles. The maximum absolute atomic E-state index is 13.1. The first-order valence-corrected chi connectivity index (χ1v) is 10.2. The first kappa shape index (κ1) is 19.9. The molecule has 0 bridgehead atoms. The molecule has 0 saturated carbocycles. The number of carbonyl (C=O) groups is 1. The van der Waals surface area contributed by atoms with E-state index < -0.39 is 0 Å². The highest BCUT2D eigenvalue weighted by Crippen LogP contribution is 2.28. The molecule has 152 valence electrons. The first-order valence-electron chi connectivity index (χ1n) is 10.2.